The van der Waals surface area contributed by atoms with Crippen LogP contribution in [0.1, 0.15) is 30.1 Å². The Bertz CT molecular complexity index is 1230. The van der Waals surface area contributed by atoms with Crippen LogP contribution >= 0.6 is 0 Å². The zero-order valence-electron chi connectivity index (χ0n) is 18.0. The van der Waals surface area contributed by atoms with Crippen molar-refractivity contribution in [3.05, 3.63) is 96.3 Å². The molecule has 154 valence electrons. The number of aromatic nitrogens is 2. The smallest absolute Gasteiger partial charge is 0.159 e. The van der Waals surface area contributed by atoms with Crippen LogP contribution in [0.2, 0.25) is 0 Å². The second kappa shape index (κ2) is 7.84. The fraction of sp³-hybridized carbons (Fsp3) is 0.192. The minimum Gasteiger partial charge on any atom is -0.378 e. The Morgan fingerprint density at radius 3 is 2.35 bits per heavy atom. The number of benzene rings is 2. The van der Waals surface area contributed by atoms with Crippen molar-refractivity contribution in [1.82, 2.24) is 9.97 Å². The molecule has 0 saturated heterocycles. The van der Waals surface area contributed by atoms with Gasteiger partial charge >= 0.3 is 0 Å². The molecule has 4 aromatic rings. The van der Waals surface area contributed by atoms with Crippen molar-refractivity contribution in [3.63, 3.8) is 0 Å². The van der Waals surface area contributed by atoms with Gasteiger partial charge in [-0.2, -0.15) is 5.10 Å². The van der Waals surface area contributed by atoms with E-state index in [1.165, 1.54) is 11.3 Å². The molecule has 0 amide bonds. The van der Waals surface area contributed by atoms with Crippen molar-refractivity contribution in [2.75, 3.05) is 24.0 Å². The van der Waals surface area contributed by atoms with E-state index in [4.69, 9.17) is 10.1 Å². The summed E-state index contributed by atoms with van der Waals surface area (Å²) in [5.41, 5.74) is 6.27. The second-order valence-electron chi connectivity index (χ2n) is 8.12. The maximum absolute atomic E-state index is 4.99. The molecule has 2 aromatic carbocycles. The van der Waals surface area contributed by atoms with Gasteiger partial charge in [-0.25, -0.2) is 9.97 Å². The number of para-hydroxylation sites is 1. The van der Waals surface area contributed by atoms with Gasteiger partial charge in [-0.1, -0.05) is 30.3 Å². The molecule has 2 unspecified atom stereocenters. The molecule has 1 aliphatic heterocycles. The number of hydrogen-bond acceptors (Lipinski definition) is 5. The largest absolute Gasteiger partial charge is 0.378 e. The van der Waals surface area contributed by atoms with Gasteiger partial charge in [-0.05, 0) is 61.0 Å². The zero-order valence-corrected chi connectivity index (χ0v) is 18.0. The van der Waals surface area contributed by atoms with Gasteiger partial charge in [0.05, 0.1) is 23.3 Å². The van der Waals surface area contributed by atoms with Gasteiger partial charge in [-0.15, -0.1) is 0 Å². The molecule has 0 bridgehead atoms. The van der Waals surface area contributed by atoms with E-state index in [1.807, 2.05) is 18.2 Å². The average molecular weight is 408 g/mol. The second-order valence-corrected chi connectivity index (χ2v) is 8.12. The summed E-state index contributed by atoms with van der Waals surface area (Å²) in [6.45, 7) is 2.10. The third-order valence-electron chi connectivity index (χ3n) is 5.87. The normalized spacial score (nSPS) is 18.3. The van der Waals surface area contributed by atoms with Crippen LogP contribution in [0, 0.1) is 0 Å². The lowest BCUT2D eigenvalue weighted by Crippen LogP contribution is -2.24. The first-order valence-corrected chi connectivity index (χ1v) is 10.5. The van der Waals surface area contributed by atoms with Crippen molar-refractivity contribution in [3.8, 4) is 0 Å². The molecule has 2 atom stereocenters. The Labute approximate surface area is 182 Å². The van der Waals surface area contributed by atoms with Crippen LogP contribution in [0.4, 0.5) is 11.4 Å². The third-order valence-corrected chi connectivity index (χ3v) is 5.87. The average Bonchev–Trinajstić information content (AvgIpc) is 3.16. The van der Waals surface area contributed by atoms with Gasteiger partial charge in [0, 0.05) is 37.1 Å². The van der Waals surface area contributed by atoms with Crippen molar-refractivity contribution in [2.24, 2.45) is 5.10 Å². The number of nitrogens with zero attached hydrogens (tertiary/aromatic N) is 5. The molecule has 3 heterocycles. The Balaban J connectivity index is 1.63. The highest BCUT2D eigenvalue weighted by atomic mass is 15.5. The van der Waals surface area contributed by atoms with Crippen LogP contribution < -0.4 is 9.91 Å². The quantitative estimate of drug-likeness (QED) is 0.453. The van der Waals surface area contributed by atoms with E-state index >= 15 is 0 Å². The Hall–Kier alpha value is -3.73. The van der Waals surface area contributed by atoms with Gasteiger partial charge in [0.15, 0.2) is 5.65 Å². The number of hydrogen-bond donors (Lipinski definition) is 0. The van der Waals surface area contributed by atoms with E-state index in [-0.39, 0.29) is 12.0 Å². The monoisotopic (exact) mass is 407 g/mol. The van der Waals surface area contributed by atoms with E-state index in [0.717, 1.165) is 28.1 Å². The van der Waals surface area contributed by atoms with Gasteiger partial charge in [0.25, 0.3) is 0 Å². The molecule has 0 aliphatic carbocycles. The van der Waals surface area contributed by atoms with E-state index in [2.05, 4.69) is 96.6 Å². The summed E-state index contributed by atoms with van der Waals surface area (Å²) in [6.07, 6.45) is 1.79. The maximum Gasteiger partial charge on any atom is 0.159 e. The lowest BCUT2D eigenvalue weighted by Gasteiger charge is -2.29. The minimum absolute atomic E-state index is 0.0206. The first kappa shape index (κ1) is 19.2. The predicted octanol–water partition coefficient (Wildman–Crippen LogP) is 5.42. The Kier molecular flexibility index (Phi) is 4.86. The number of hydrazone groups is 1. The van der Waals surface area contributed by atoms with E-state index in [9.17, 15) is 0 Å². The molecular weight excluding hydrogens is 382 g/mol. The fourth-order valence-electron chi connectivity index (χ4n) is 4.28. The highest BCUT2D eigenvalue weighted by Gasteiger charge is 2.39. The summed E-state index contributed by atoms with van der Waals surface area (Å²) < 4.78 is 0. The summed E-state index contributed by atoms with van der Waals surface area (Å²) >= 11 is 0. The first-order valence-electron chi connectivity index (χ1n) is 10.5. The maximum atomic E-state index is 4.99. The molecule has 0 N–H and O–H groups in total. The summed E-state index contributed by atoms with van der Waals surface area (Å²) in [5.74, 6) is 0.0387. The highest BCUT2D eigenvalue weighted by molar-refractivity contribution is 5.93. The van der Waals surface area contributed by atoms with Crippen LogP contribution in [0.5, 0.6) is 0 Å². The molecule has 0 radical (unpaired) electrons. The van der Waals surface area contributed by atoms with Gasteiger partial charge in [0.2, 0.25) is 0 Å². The lowest BCUT2D eigenvalue weighted by molar-refractivity contribution is 0.638. The van der Waals surface area contributed by atoms with E-state index in [0.29, 0.717) is 0 Å². The summed E-state index contributed by atoms with van der Waals surface area (Å²) in [7, 11) is 4.12. The minimum atomic E-state index is 0.0206. The molecule has 0 saturated carbocycles. The van der Waals surface area contributed by atoms with Crippen LogP contribution in [0.3, 0.4) is 0 Å². The standard InChI is InChI=1S/C26H25N5/c1-18-24(23-16-13-20-8-7-17-27-26(20)28-23)25(19-11-14-21(15-12-19)30(2)3)31(29-18)22-9-5-4-6-10-22/h4-17,24-25H,1-3H3. The van der Waals surface area contributed by atoms with Crippen molar-refractivity contribution in [1.29, 1.82) is 0 Å². The molecule has 0 spiro atoms. The van der Waals surface area contributed by atoms with Crippen LogP contribution in [-0.2, 0) is 0 Å². The molecule has 5 rings (SSSR count). The number of anilines is 2. The van der Waals surface area contributed by atoms with Crippen molar-refractivity contribution in [2.45, 2.75) is 18.9 Å². The molecule has 0 fully saturated rings. The van der Waals surface area contributed by atoms with E-state index < -0.39 is 0 Å². The Morgan fingerprint density at radius 2 is 1.61 bits per heavy atom. The molecule has 2 aromatic heterocycles. The predicted molar refractivity (Wildman–Crippen MR) is 128 cm³/mol. The summed E-state index contributed by atoms with van der Waals surface area (Å²) in [5, 5.41) is 8.17. The molecule has 5 heteroatoms. The number of rotatable bonds is 4. The lowest BCUT2D eigenvalue weighted by atomic mass is 9.87. The third kappa shape index (κ3) is 3.52. The molecule has 31 heavy (non-hydrogen) atoms. The van der Waals surface area contributed by atoms with Crippen molar-refractivity contribution >= 4 is 28.1 Å². The van der Waals surface area contributed by atoms with Crippen LogP contribution in [0.25, 0.3) is 11.0 Å². The van der Waals surface area contributed by atoms with Gasteiger partial charge in [0.1, 0.15) is 0 Å². The highest BCUT2D eigenvalue weighted by Crippen LogP contribution is 2.44. The van der Waals surface area contributed by atoms with Gasteiger partial charge < -0.3 is 4.90 Å². The fourth-order valence-corrected chi connectivity index (χ4v) is 4.28. The number of pyridine rings is 2. The van der Waals surface area contributed by atoms with Crippen LogP contribution in [0.15, 0.2) is 90.2 Å². The van der Waals surface area contributed by atoms with Gasteiger partial charge in [-0.3, -0.25) is 5.01 Å². The Morgan fingerprint density at radius 1 is 0.839 bits per heavy atom. The molecular formula is C26H25N5. The zero-order chi connectivity index (χ0) is 21.4. The van der Waals surface area contributed by atoms with Crippen LogP contribution in [-0.4, -0.2) is 29.8 Å². The number of fused-ring (bicyclic) bond motifs is 1. The first-order chi connectivity index (χ1) is 15.1. The summed E-state index contributed by atoms with van der Waals surface area (Å²) in [6, 6.07) is 27.3. The topological polar surface area (TPSA) is 44.6 Å². The molecule has 5 nitrogen and oxygen atoms in total. The SMILES string of the molecule is CC1=NN(c2ccccc2)C(c2ccc(N(C)C)cc2)C1c1ccc2cccnc2n1. The van der Waals surface area contributed by atoms with Crippen molar-refractivity contribution < 1.29 is 0 Å². The van der Waals surface area contributed by atoms with E-state index in [1.54, 1.807) is 6.20 Å². The summed E-state index contributed by atoms with van der Waals surface area (Å²) in [4.78, 5) is 11.5. The molecule has 1 aliphatic rings.